The monoisotopic (exact) mass is 500 g/mol. The Balaban J connectivity index is 1.89. The molecular formula is C24H19F3N4O3S. The molecule has 35 heavy (non-hydrogen) atoms. The lowest BCUT2D eigenvalue weighted by molar-refractivity contribution is 0.334. The van der Waals surface area contributed by atoms with Gasteiger partial charge in [0.25, 0.3) is 0 Å². The van der Waals surface area contributed by atoms with Crippen molar-refractivity contribution in [2.45, 2.75) is 10.9 Å². The molecule has 7 nitrogen and oxygen atoms in total. The molecule has 0 spiro atoms. The first kappa shape index (κ1) is 24.3. The Labute approximate surface area is 199 Å². The van der Waals surface area contributed by atoms with Crippen LogP contribution in [0.15, 0.2) is 65.7 Å². The predicted octanol–water partition coefficient (Wildman–Crippen LogP) is 4.30. The number of ether oxygens (including phenoxy) is 1. The first-order chi connectivity index (χ1) is 16.8. The second-order valence-electron chi connectivity index (χ2n) is 7.54. The van der Waals surface area contributed by atoms with E-state index in [-0.39, 0.29) is 16.2 Å². The number of methoxy groups -OCH3 is 1. The number of nitrogens with one attached hydrogen (secondary N) is 1. The van der Waals surface area contributed by atoms with Crippen molar-refractivity contribution in [2.75, 3.05) is 20.5 Å². The topological polar surface area (TPSA) is 97.0 Å². The fourth-order valence-electron chi connectivity index (χ4n) is 3.69. The highest BCUT2D eigenvalue weighted by Crippen LogP contribution is 2.36. The molecule has 0 aliphatic carbocycles. The molecule has 2 aromatic carbocycles. The molecule has 4 aromatic rings. The average molecular weight is 501 g/mol. The van der Waals surface area contributed by atoms with E-state index in [0.29, 0.717) is 28.0 Å². The van der Waals surface area contributed by atoms with Gasteiger partial charge in [-0.1, -0.05) is 0 Å². The molecule has 0 radical (unpaired) electrons. The largest absolute Gasteiger partial charge is 0.497 e. The molecule has 0 fully saturated rings. The first-order valence-corrected chi connectivity index (χ1v) is 11.8. The van der Waals surface area contributed by atoms with Crippen molar-refractivity contribution in [1.82, 2.24) is 14.3 Å². The van der Waals surface area contributed by atoms with Crippen molar-refractivity contribution in [2.24, 2.45) is 0 Å². The van der Waals surface area contributed by atoms with Crippen LogP contribution in [-0.4, -0.2) is 44.5 Å². The fourth-order valence-corrected chi connectivity index (χ4v) is 4.83. The summed E-state index contributed by atoms with van der Waals surface area (Å²) in [5.74, 6) is 0.0848. The number of aromatic nitrogens is 2. The molecule has 0 atom stereocenters. The van der Waals surface area contributed by atoms with Crippen LogP contribution in [-0.2, 0) is 10.0 Å². The fraction of sp³-hybridized carbons (Fsp3) is 0.167. The maximum Gasteiger partial charge on any atom is 0.242 e. The number of fused-ring (bicyclic) bond motifs is 1. The number of pyridine rings is 1. The zero-order chi connectivity index (χ0) is 25.2. The third-order valence-corrected chi connectivity index (χ3v) is 6.86. The summed E-state index contributed by atoms with van der Waals surface area (Å²) in [6.07, 6.45) is 1.03. The molecule has 0 amide bonds. The minimum Gasteiger partial charge on any atom is -0.497 e. The zero-order valence-corrected chi connectivity index (χ0v) is 19.2. The van der Waals surface area contributed by atoms with Crippen molar-refractivity contribution >= 4 is 20.9 Å². The third kappa shape index (κ3) is 4.58. The number of benzene rings is 2. The lowest BCUT2D eigenvalue weighted by Gasteiger charge is -2.14. The van der Waals surface area contributed by atoms with Crippen LogP contribution in [0.4, 0.5) is 13.2 Å². The van der Waals surface area contributed by atoms with Gasteiger partial charge >= 0.3 is 0 Å². The lowest BCUT2D eigenvalue weighted by Crippen LogP contribution is -2.37. The van der Waals surface area contributed by atoms with Gasteiger partial charge in [0, 0.05) is 17.3 Å². The van der Waals surface area contributed by atoms with E-state index >= 15 is 0 Å². The molecule has 0 unspecified atom stereocenters. The number of sulfonamides is 1. The van der Waals surface area contributed by atoms with Gasteiger partial charge in [0.15, 0.2) is 0 Å². The molecule has 11 heteroatoms. The number of rotatable bonds is 8. The van der Waals surface area contributed by atoms with Gasteiger partial charge in [-0.15, -0.1) is 0 Å². The molecule has 4 rings (SSSR count). The molecule has 0 saturated heterocycles. The summed E-state index contributed by atoms with van der Waals surface area (Å²) < 4.78 is 73.5. The van der Waals surface area contributed by atoms with Crippen molar-refractivity contribution in [1.29, 1.82) is 5.26 Å². The molecular weight excluding hydrogens is 481 g/mol. The highest BCUT2D eigenvalue weighted by molar-refractivity contribution is 7.89. The maximum atomic E-state index is 14.1. The Morgan fingerprint density at radius 3 is 2.40 bits per heavy atom. The number of alkyl halides is 2. The minimum atomic E-state index is -4.23. The van der Waals surface area contributed by atoms with Crippen LogP contribution in [0.1, 0.15) is 5.56 Å². The molecule has 2 heterocycles. The summed E-state index contributed by atoms with van der Waals surface area (Å²) in [6.45, 7) is -2.41. The van der Waals surface area contributed by atoms with E-state index in [4.69, 9.17) is 4.74 Å². The van der Waals surface area contributed by atoms with Gasteiger partial charge in [-0.2, -0.15) is 5.26 Å². The average Bonchev–Trinajstić information content (AvgIpc) is 3.20. The van der Waals surface area contributed by atoms with Crippen LogP contribution in [0.2, 0.25) is 0 Å². The van der Waals surface area contributed by atoms with Crippen molar-refractivity contribution in [3.05, 3.63) is 72.2 Å². The number of nitriles is 1. The summed E-state index contributed by atoms with van der Waals surface area (Å²) in [5.41, 5.74) is 1.87. The Morgan fingerprint density at radius 1 is 1.11 bits per heavy atom. The van der Waals surface area contributed by atoms with Gasteiger partial charge in [0.05, 0.1) is 35.6 Å². The Bertz CT molecular complexity index is 1510. The SMILES string of the molecule is COc1ccc(-n2c(-c3ccc(S(=O)(=O)NC(CF)CF)cn3)c(C#N)c3cc(F)ccc32)cc1. The Kier molecular flexibility index (Phi) is 6.77. The van der Waals surface area contributed by atoms with Crippen LogP contribution in [0, 0.1) is 17.1 Å². The molecule has 2 aromatic heterocycles. The molecule has 180 valence electrons. The predicted molar refractivity (Wildman–Crippen MR) is 124 cm³/mol. The van der Waals surface area contributed by atoms with Gasteiger partial charge in [-0.25, -0.2) is 26.3 Å². The smallest absolute Gasteiger partial charge is 0.242 e. The van der Waals surface area contributed by atoms with Crippen LogP contribution >= 0.6 is 0 Å². The van der Waals surface area contributed by atoms with Crippen molar-refractivity contribution in [3.63, 3.8) is 0 Å². The lowest BCUT2D eigenvalue weighted by atomic mass is 10.1. The van der Waals surface area contributed by atoms with Crippen molar-refractivity contribution < 1.29 is 26.3 Å². The minimum absolute atomic E-state index is 0.145. The zero-order valence-electron chi connectivity index (χ0n) is 18.4. The Morgan fingerprint density at radius 2 is 1.83 bits per heavy atom. The van der Waals surface area contributed by atoms with Gasteiger partial charge in [-0.05, 0) is 54.6 Å². The molecule has 1 N–H and O–H groups in total. The van der Waals surface area contributed by atoms with E-state index in [1.165, 1.54) is 37.4 Å². The van der Waals surface area contributed by atoms with Crippen LogP contribution in [0.25, 0.3) is 28.0 Å². The van der Waals surface area contributed by atoms with Crippen LogP contribution in [0.5, 0.6) is 5.75 Å². The summed E-state index contributed by atoms with van der Waals surface area (Å²) in [5, 5.41) is 10.3. The summed E-state index contributed by atoms with van der Waals surface area (Å²) in [7, 11) is -2.70. The number of halogens is 3. The van der Waals surface area contributed by atoms with Gasteiger partial charge in [0.1, 0.15) is 35.9 Å². The second kappa shape index (κ2) is 9.77. The van der Waals surface area contributed by atoms with E-state index < -0.39 is 35.2 Å². The standard InChI is InChI=1S/C24H19F3N4O3S/c1-34-18-5-3-17(4-6-18)31-23-9-2-15(27)10-20(23)21(13-28)24(31)22-8-7-19(14-29-22)35(32,33)30-16(11-25)12-26/h2-10,14,16,30H,11-12H2,1H3. The quantitative estimate of drug-likeness (QED) is 0.389. The normalized spacial score (nSPS) is 11.7. The second-order valence-corrected chi connectivity index (χ2v) is 9.25. The van der Waals surface area contributed by atoms with E-state index in [9.17, 15) is 26.9 Å². The van der Waals surface area contributed by atoms with Gasteiger partial charge in [0.2, 0.25) is 10.0 Å². The van der Waals surface area contributed by atoms with E-state index in [1.807, 2.05) is 4.72 Å². The molecule has 0 aliphatic heterocycles. The highest BCUT2D eigenvalue weighted by Gasteiger charge is 2.24. The maximum absolute atomic E-state index is 14.1. The highest BCUT2D eigenvalue weighted by atomic mass is 32.2. The van der Waals surface area contributed by atoms with E-state index in [1.54, 1.807) is 28.8 Å². The first-order valence-electron chi connectivity index (χ1n) is 10.3. The number of hydrogen-bond acceptors (Lipinski definition) is 5. The molecule has 0 aliphatic rings. The van der Waals surface area contributed by atoms with Crippen molar-refractivity contribution in [3.8, 4) is 28.9 Å². The number of hydrogen-bond donors (Lipinski definition) is 1. The number of nitrogens with zero attached hydrogens (tertiary/aromatic N) is 3. The summed E-state index contributed by atoms with van der Waals surface area (Å²) in [4.78, 5) is 3.92. The van der Waals surface area contributed by atoms with Gasteiger partial charge in [-0.3, -0.25) is 4.98 Å². The van der Waals surface area contributed by atoms with E-state index in [0.717, 1.165) is 6.20 Å². The summed E-state index contributed by atoms with van der Waals surface area (Å²) >= 11 is 0. The summed E-state index contributed by atoms with van der Waals surface area (Å²) in [6, 6.07) is 14.2. The molecule has 0 saturated carbocycles. The van der Waals surface area contributed by atoms with Crippen LogP contribution in [0.3, 0.4) is 0 Å². The molecule has 0 bridgehead atoms. The Hall–Kier alpha value is -3.88. The van der Waals surface area contributed by atoms with Crippen LogP contribution < -0.4 is 9.46 Å². The van der Waals surface area contributed by atoms with E-state index in [2.05, 4.69) is 11.1 Å². The third-order valence-electron chi connectivity index (χ3n) is 5.36. The van der Waals surface area contributed by atoms with Gasteiger partial charge < -0.3 is 9.30 Å².